The lowest BCUT2D eigenvalue weighted by molar-refractivity contribution is -0.116. The van der Waals surface area contributed by atoms with E-state index in [1.165, 1.54) is 0 Å². The molecule has 0 fully saturated rings. The quantitative estimate of drug-likeness (QED) is 0.478. The second kappa shape index (κ2) is 11.0. The molecule has 1 amide bonds. The molecule has 0 unspecified atom stereocenters. The molecule has 2 aromatic carbocycles. The number of carbonyl (C=O) groups excluding carboxylic acids is 1. The number of benzene rings is 2. The molecule has 0 saturated heterocycles. The van der Waals surface area contributed by atoms with Gasteiger partial charge in [-0.15, -0.1) is 0 Å². The first-order chi connectivity index (χ1) is 13.4. The Hall–Kier alpha value is -2.21. The molecule has 0 atom stereocenters. The minimum absolute atomic E-state index is 0.0299. The Balaban J connectivity index is 2.05. The summed E-state index contributed by atoms with van der Waals surface area (Å²) >= 11 is 3.61. The molecule has 0 aromatic heterocycles. The molecule has 2 rings (SSSR count). The molecule has 2 aromatic rings. The topological polar surface area (TPSA) is 59.6 Å². The summed E-state index contributed by atoms with van der Waals surface area (Å²) in [6.07, 6.45) is 1.45. The van der Waals surface area contributed by atoms with E-state index in [1.807, 2.05) is 50.2 Å². The lowest BCUT2D eigenvalue weighted by Gasteiger charge is -2.15. The zero-order chi connectivity index (χ0) is 20.5. The highest BCUT2D eigenvalue weighted by atomic mass is 79.9. The highest BCUT2D eigenvalue weighted by molar-refractivity contribution is 9.10. The zero-order valence-electron chi connectivity index (χ0n) is 17.0. The molecule has 2 N–H and O–H groups in total. The Morgan fingerprint density at radius 2 is 1.89 bits per heavy atom. The molecule has 0 radical (unpaired) electrons. The largest absolute Gasteiger partial charge is 0.493 e. The van der Waals surface area contributed by atoms with Crippen LogP contribution in [0.1, 0.15) is 39.2 Å². The fourth-order valence-electron chi connectivity index (χ4n) is 2.68. The number of halogens is 1. The van der Waals surface area contributed by atoms with Gasteiger partial charge in [0.25, 0.3) is 0 Å². The third-order valence-corrected chi connectivity index (χ3v) is 4.76. The second-order valence-electron chi connectivity index (χ2n) is 7.02. The first-order valence-corrected chi connectivity index (χ1v) is 10.3. The van der Waals surface area contributed by atoms with E-state index in [4.69, 9.17) is 9.47 Å². The first kappa shape index (κ1) is 22.1. The van der Waals surface area contributed by atoms with Gasteiger partial charge in [-0.1, -0.05) is 42.8 Å². The normalized spacial score (nSPS) is 10.6. The van der Waals surface area contributed by atoms with Gasteiger partial charge in [0.1, 0.15) is 0 Å². The van der Waals surface area contributed by atoms with Crippen LogP contribution in [-0.4, -0.2) is 19.6 Å². The highest BCUT2D eigenvalue weighted by Crippen LogP contribution is 2.34. The third kappa shape index (κ3) is 6.75. The molecule has 0 saturated carbocycles. The summed E-state index contributed by atoms with van der Waals surface area (Å²) in [5.41, 5.74) is 2.77. The van der Waals surface area contributed by atoms with Gasteiger partial charge < -0.3 is 20.1 Å². The number of hydrogen-bond donors (Lipinski definition) is 2. The monoisotopic (exact) mass is 448 g/mol. The number of carbonyl (C=O) groups is 1. The number of rotatable bonds is 10. The van der Waals surface area contributed by atoms with Crippen LogP contribution in [0.15, 0.2) is 40.9 Å². The van der Waals surface area contributed by atoms with Crippen molar-refractivity contribution in [2.45, 2.75) is 40.2 Å². The van der Waals surface area contributed by atoms with Crippen LogP contribution in [0.5, 0.6) is 11.5 Å². The number of hydrogen-bond acceptors (Lipinski definition) is 4. The van der Waals surface area contributed by atoms with E-state index < -0.39 is 0 Å². The van der Waals surface area contributed by atoms with Gasteiger partial charge >= 0.3 is 0 Å². The van der Waals surface area contributed by atoms with E-state index in [9.17, 15) is 4.79 Å². The van der Waals surface area contributed by atoms with Gasteiger partial charge in [-0.3, -0.25) is 4.79 Å². The van der Waals surface area contributed by atoms with Crippen LogP contribution < -0.4 is 20.1 Å². The van der Waals surface area contributed by atoms with E-state index in [0.717, 1.165) is 33.6 Å². The van der Waals surface area contributed by atoms with Gasteiger partial charge in [0, 0.05) is 28.8 Å². The summed E-state index contributed by atoms with van der Waals surface area (Å²) < 4.78 is 12.2. The second-order valence-corrected chi connectivity index (χ2v) is 7.88. The Bertz CT molecular complexity index is 793. The lowest BCUT2D eigenvalue weighted by atomic mass is 10.1. The van der Waals surface area contributed by atoms with Crippen LogP contribution in [0.2, 0.25) is 0 Å². The number of anilines is 2. The number of ether oxygens (including phenoxy) is 2. The van der Waals surface area contributed by atoms with Crippen molar-refractivity contribution >= 4 is 33.2 Å². The van der Waals surface area contributed by atoms with Crippen molar-refractivity contribution in [1.29, 1.82) is 0 Å². The SMILES string of the molecule is CCCOc1cc(Br)c(CNc2cccc(NC(=O)CC(C)C)c2)cc1OC. The molecule has 6 heteroatoms. The summed E-state index contributed by atoms with van der Waals surface area (Å²) in [6.45, 7) is 7.38. The van der Waals surface area contributed by atoms with E-state index in [2.05, 4.69) is 33.5 Å². The molecule has 5 nitrogen and oxygen atoms in total. The number of nitrogens with one attached hydrogen (secondary N) is 2. The van der Waals surface area contributed by atoms with Gasteiger partial charge in [0.05, 0.1) is 13.7 Å². The van der Waals surface area contributed by atoms with E-state index >= 15 is 0 Å². The van der Waals surface area contributed by atoms with Crippen molar-refractivity contribution in [2.24, 2.45) is 5.92 Å². The van der Waals surface area contributed by atoms with E-state index in [0.29, 0.717) is 31.2 Å². The zero-order valence-corrected chi connectivity index (χ0v) is 18.6. The van der Waals surface area contributed by atoms with Crippen molar-refractivity contribution in [1.82, 2.24) is 0 Å². The predicted molar refractivity (Wildman–Crippen MR) is 118 cm³/mol. The van der Waals surface area contributed by atoms with Crippen LogP contribution >= 0.6 is 15.9 Å². The molecular formula is C22H29BrN2O3. The van der Waals surface area contributed by atoms with Gasteiger partial charge in [0.15, 0.2) is 11.5 Å². The van der Waals surface area contributed by atoms with Crippen molar-refractivity contribution in [3.8, 4) is 11.5 Å². The fourth-order valence-corrected chi connectivity index (χ4v) is 3.15. The molecular weight excluding hydrogens is 420 g/mol. The number of methoxy groups -OCH3 is 1. The Kier molecular flexibility index (Phi) is 8.64. The average molecular weight is 449 g/mol. The van der Waals surface area contributed by atoms with E-state index in [-0.39, 0.29) is 5.91 Å². The maximum absolute atomic E-state index is 12.0. The van der Waals surface area contributed by atoms with Gasteiger partial charge in [0.2, 0.25) is 5.91 Å². The highest BCUT2D eigenvalue weighted by Gasteiger charge is 2.11. The van der Waals surface area contributed by atoms with Crippen molar-refractivity contribution in [3.63, 3.8) is 0 Å². The summed E-state index contributed by atoms with van der Waals surface area (Å²) in [6, 6.07) is 11.6. The summed E-state index contributed by atoms with van der Waals surface area (Å²) in [5.74, 6) is 1.80. The standard InChI is InChI=1S/C22H29BrN2O3/c1-5-9-28-21-13-19(23)16(11-20(21)27-4)14-24-17-7-6-8-18(12-17)25-22(26)10-15(2)3/h6-8,11-13,15,24H,5,9-10,14H2,1-4H3,(H,25,26). The van der Waals surface area contributed by atoms with Gasteiger partial charge in [-0.25, -0.2) is 0 Å². The maximum atomic E-state index is 12.0. The Morgan fingerprint density at radius 3 is 2.57 bits per heavy atom. The first-order valence-electron chi connectivity index (χ1n) is 9.56. The molecule has 0 heterocycles. The minimum atomic E-state index is 0.0299. The molecule has 28 heavy (non-hydrogen) atoms. The molecule has 0 aliphatic heterocycles. The molecule has 0 aliphatic carbocycles. The van der Waals surface area contributed by atoms with Crippen LogP contribution in [0.25, 0.3) is 0 Å². The van der Waals surface area contributed by atoms with Crippen molar-refractivity contribution in [2.75, 3.05) is 24.4 Å². The average Bonchev–Trinajstić information content (AvgIpc) is 2.65. The maximum Gasteiger partial charge on any atom is 0.224 e. The van der Waals surface area contributed by atoms with Gasteiger partial charge in [-0.2, -0.15) is 0 Å². The molecule has 0 bridgehead atoms. The Morgan fingerprint density at radius 1 is 1.14 bits per heavy atom. The van der Waals surface area contributed by atoms with Crippen LogP contribution in [-0.2, 0) is 11.3 Å². The van der Waals surface area contributed by atoms with Crippen molar-refractivity contribution in [3.05, 3.63) is 46.4 Å². The molecule has 0 aliphatic rings. The van der Waals surface area contributed by atoms with Gasteiger partial charge in [-0.05, 0) is 48.2 Å². The van der Waals surface area contributed by atoms with Crippen LogP contribution in [0, 0.1) is 5.92 Å². The minimum Gasteiger partial charge on any atom is -0.493 e. The summed E-state index contributed by atoms with van der Waals surface area (Å²) in [5, 5.41) is 6.34. The summed E-state index contributed by atoms with van der Waals surface area (Å²) in [4.78, 5) is 12.0. The third-order valence-electron chi connectivity index (χ3n) is 4.02. The molecule has 152 valence electrons. The summed E-state index contributed by atoms with van der Waals surface area (Å²) in [7, 11) is 1.64. The molecule has 0 spiro atoms. The van der Waals surface area contributed by atoms with Crippen molar-refractivity contribution < 1.29 is 14.3 Å². The van der Waals surface area contributed by atoms with Crippen LogP contribution in [0.4, 0.5) is 11.4 Å². The fraction of sp³-hybridized carbons (Fsp3) is 0.409. The number of amides is 1. The Labute approximate surface area is 175 Å². The lowest BCUT2D eigenvalue weighted by Crippen LogP contribution is -2.13. The van der Waals surface area contributed by atoms with Crippen LogP contribution in [0.3, 0.4) is 0 Å². The smallest absolute Gasteiger partial charge is 0.224 e. The predicted octanol–water partition coefficient (Wildman–Crippen LogP) is 5.84. The van der Waals surface area contributed by atoms with E-state index in [1.54, 1.807) is 7.11 Å².